The molecule has 5 nitrogen and oxygen atoms in total. The lowest BCUT2D eigenvalue weighted by Gasteiger charge is -2.07. The number of benzene rings is 1. The van der Waals surface area contributed by atoms with E-state index in [0.717, 1.165) is 23.5 Å². The van der Waals surface area contributed by atoms with Gasteiger partial charge in [-0.2, -0.15) is 0 Å². The maximum atomic E-state index is 13.0. The number of hydrogen-bond acceptors (Lipinski definition) is 5. The molecular weight excluding hydrogens is 315 g/mol. The average molecular weight is 326 g/mol. The van der Waals surface area contributed by atoms with Crippen molar-refractivity contribution in [2.45, 2.75) is 11.8 Å². The third kappa shape index (κ3) is 3.78. The van der Waals surface area contributed by atoms with Gasteiger partial charge in [0, 0.05) is 0 Å². The minimum atomic E-state index is -3.83. The van der Waals surface area contributed by atoms with Crippen LogP contribution in [0.2, 0.25) is 0 Å². The molecule has 21 heavy (non-hydrogen) atoms. The highest BCUT2D eigenvalue weighted by Gasteiger charge is 2.18. The first kappa shape index (κ1) is 15.4. The normalized spacial score (nSPS) is 10.8. The van der Waals surface area contributed by atoms with Gasteiger partial charge in [-0.15, -0.1) is 0 Å². The summed E-state index contributed by atoms with van der Waals surface area (Å²) in [6.45, 7) is 1.23. The first-order valence-electron chi connectivity index (χ1n) is 5.77. The molecule has 0 spiro atoms. The van der Waals surface area contributed by atoms with Gasteiger partial charge < -0.3 is 5.11 Å². The summed E-state index contributed by atoms with van der Waals surface area (Å²) in [6.07, 6.45) is 1.41. The Labute approximate surface area is 125 Å². The van der Waals surface area contributed by atoms with Crippen molar-refractivity contribution >= 4 is 26.5 Å². The third-order valence-electron chi connectivity index (χ3n) is 2.44. The van der Waals surface area contributed by atoms with Crippen LogP contribution < -0.4 is 4.72 Å². The smallest absolute Gasteiger partial charge is 0.263 e. The minimum Gasteiger partial charge on any atom is -0.384 e. The van der Waals surface area contributed by atoms with Gasteiger partial charge in [0.2, 0.25) is 0 Å². The summed E-state index contributed by atoms with van der Waals surface area (Å²) >= 11 is 1.04. The molecule has 0 aliphatic rings. The van der Waals surface area contributed by atoms with Crippen molar-refractivity contribution in [1.82, 2.24) is 4.98 Å². The number of anilines is 1. The molecule has 8 heteroatoms. The summed E-state index contributed by atoms with van der Waals surface area (Å²) in [4.78, 5) is 4.41. The second kappa shape index (κ2) is 6.22. The molecule has 2 aromatic rings. The average Bonchev–Trinajstić information content (AvgIpc) is 2.82. The van der Waals surface area contributed by atoms with Gasteiger partial charge in [0.15, 0.2) is 5.13 Å². The quantitative estimate of drug-likeness (QED) is 0.842. The molecule has 0 fully saturated rings. The standard InChI is InChI=1S/C13H11FN2O3S2/c1-9-7-10(14)4-5-12(9)21(18,19)16-13-15-8-11(20-13)3-2-6-17/h4-5,7-8,17H,6H2,1H3,(H,15,16). The Hall–Kier alpha value is -1.95. The van der Waals surface area contributed by atoms with Gasteiger partial charge in [-0.05, 0) is 30.7 Å². The van der Waals surface area contributed by atoms with Gasteiger partial charge >= 0.3 is 0 Å². The van der Waals surface area contributed by atoms with E-state index in [2.05, 4.69) is 21.5 Å². The maximum absolute atomic E-state index is 13.0. The highest BCUT2D eigenvalue weighted by molar-refractivity contribution is 7.93. The highest BCUT2D eigenvalue weighted by atomic mass is 32.2. The molecule has 1 aromatic carbocycles. The minimum absolute atomic E-state index is 0.0120. The lowest BCUT2D eigenvalue weighted by atomic mass is 10.2. The highest BCUT2D eigenvalue weighted by Crippen LogP contribution is 2.23. The third-order valence-corrected chi connectivity index (χ3v) is 4.90. The zero-order chi connectivity index (χ0) is 15.5. The maximum Gasteiger partial charge on any atom is 0.263 e. The van der Waals surface area contributed by atoms with E-state index in [-0.39, 0.29) is 16.6 Å². The van der Waals surface area contributed by atoms with E-state index in [1.165, 1.54) is 19.2 Å². The van der Waals surface area contributed by atoms with Gasteiger partial charge in [0.25, 0.3) is 10.0 Å². The first-order valence-corrected chi connectivity index (χ1v) is 8.07. The van der Waals surface area contributed by atoms with Crippen LogP contribution in [0.1, 0.15) is 10.4 Å². The van der Waals surface area contributed by atoms with Crippen molar-refractivity contribution in [2.24, 2.45) is 0 Å². The number of halogens is 1. The van der Waals surface area contributed by atoms with Crippen molar-refractivity contribution < 1.29 is 17.9 Å². The lowest BCUT2D eigenvalue weighted by molar-refractivity contribution is 0.350. The Morgan fingerprint density at radius 2 is 2.24 bits per heavy atom. The Kier molecular flexibility index (Phi) is 4.57. The van der Waals surface area contributed by atoms with Crippen LogP contribution in [-0.4, -0.2) is 25.1 Å². The van der Waals surface area contributed by atoms with Gasteiger partial charge in [-0.3, -0.25) is 4.72 Å². The Morgan fingerprint density at radius 1 is 1.48 bits per heavy atom. The van der Waals surface area contributed by atoms with Crippen LogP contribution in [0.15, 0.2) is 29.3 Å². The van der Waals surface area contributed by atoms with Gasteiger partial charge in [-0.25, -0.2) is 17.8 Å². The summed E-state index contributed by atoms with van der Waals surface area (Å²) < 4.78 is 39.8. The first-order chi connectivity index (χ1) is 9.92. The van der Waals surface area contributed by atoms with Crippen LogP contribution >= 0.6 is 11.3 Å². The van der Waals surface area contributed by atoms with Crippen LogP contribution in [0.5, 0.6) is 0 Å². The number of nitrogens with one attached hydrogen (secondary N) is 1. The van der Waals surface area contributed by atoms with Gasteiger partial charge in [0.1, 0.15) is 12.4 Å². The fourth-order valence-corrected chi connectivity index (χ4v) is 3.75. The van der Waals surface area contributed by atoms with Gasteiger partial charge in [-0.1, -0.05) is 23.2 Å². The van der Waals surface area contributed by atoms with Gasteiger partial charge in [0.05, 0.1) is 16.0 Å². The summed E-state index contributed by atoms with van der Waals surface area (Å²) in [5.74, 6) is 4.58. The second-order valence-corrected chi connectivity index (χ2v) is 6.69. The molecule has 0 aliphatic carbocycles. The fraction of sp³-hybridized carbons (Fsp3) is 0.154. The Bertz CT molecular complexity index is 819. The van der Waals surface area contributed by atoms with E-state index < -0.39 is 15.8 Å². The van der Waals surface area contributed by atoms with E-state index in [4.69, 9.17) is 5.11 Å². The zero-order valence-electron chi connectivity index (χ0n) is 10.9. The van der Waals surface area contributed by atoms with Crippen molar-refractivity contribution in [3.05, 3.63) is 40.7 Å². The topological polar surface area (TPSA) is 79.3 Å². The molecule has 2 N–H and O–H groups in total. The number of sulfonamides is 1. The molecule has 0 amide bonds. The molecular formula is C13H11FN2O3S2. The number of aliphatic hydroxyl groups is 1. The number of aryl methyl sites for hydroxylation is 1. The van der Waals surface area contributed by atoms with Crippen LogP contribution in [-0.2, 0) is 10.0 Å². The fourth-order valence-electron chi connectivity index (χ4n) is 1.59. The molecule has 0 bridgehead atoms. The van der Waals surface area contributed by atoms with Crippen LogP contribution in [0.25, 0.3) is 0 Å². The molecule has 0 saturated heterocycles. The van der Waals surface area contributed by atoms with Crippen molar-refractivity contribution in [2.75, 3.05) is 11.3 Å². The molecule has 0 unspecified atom stereocenters. The zero-order valence-corrected chi connectivity index (χ0v) is 12.6. The molecule has 2 rings (SSSR count). The van der Waals surface area contributed by atoms with Crippen molar-refractivity contribution in [3.8, 4) is 11.8 Å². The molecule has 0 atom stereocenters. The van der Waals surface area contributed by atoms with E-state index in [1.54, 1.807) is 0 Å². The molecule has 1 aromatic heterocycles. The number of thiazole rings is 1. The molecule has 1 heterocycles. The lowest BCUT2D eigenvalue weighted by Crippen LogP contribution is -2.14. The number of rotatable bonds is 3. The largest absolute Gasteiger partial charge is 0.384 e. The summed E-state index contributed by atoms with van der Waals surface area (Å²) in [6, 6.07) is 3.43. The summed E-state index contributed by atoms with van der Waals surface area (Å²) in [7, 11) is -3.83. The second-order valence-electron chi connectivity index (χ2n) is 4.00. The Morgan fingerprint density at radius 3 is 2.90 bits per heavy atom. The predicted molar refractivity (Wildman–Crippen MR) is 78.0 cm³/mol. The Balaban J connectivity index is 2.27. The van der Waals surface area contributed by atoms with Crippen molar-refractivity contribution in [3.63, 3.8) is 0 Å². The number of nitrogens with zero attached hydrogens (tertiary/aromatic N) is 1. The molecule has 0 saturated carbocycles. The SMILES string of the molecule is Cc1cc(F)ccc1S(=O)(=O)Nc1ncc(C#CCO)s1. The number of hydrogen-bond donors (Lipinski definition) is 2. The summed E-state index contributed by atoms with van der Waals surface area (Å²) in [5.41, 5.74) is 0.305. The van der Waals surface area contributed by atoms with Crippen LogP contribution in [0.4, 0.5) is 9.52 Å². The molecule has 0 radical (unpaired) electrons. The molecule has 0 aliphatic heterocycles. The monoisotopic (exact) mass is 326 g/mol. The number of aromatic nitrogens is 1. The van der Waals surface area contributed by atoms with E-state index in [0.29, 0.717) is 10.4 Å². The van der Waals surface area contributed by atoms with Crippen molar-refractivity contribution in [1.29, 1.82) is 0 Å². The van der Waals surface area contributed by atoms with E-state index in [1.807, 2.05) is 0 Å². The van der Waals surface area contributed by atoms with Crippen LogP contribution in [0, 0.1) is 24.6 Å². The van der Waals surface area contributed by atoms with E-state index in [9.17, 15) is 12.8 Å². The van der Waals surface area contributed by atoms with E-state index >= 15 is 0 Å². The summed E-state index contributed by atoms with van der Waals surface area (Å²) in [5, 5.41) is 8.74. The van der Waals surface area contributed by atoms with Crippen LogP contribution in [0.3, 0.4) is 0 Å². The molecule has 110 valence electrons. The predicted octanol–water partition coefficient (Wildman–Crippen LogP) is 1.74. The number of aliphatic hydroxyl groups excluding tert-OH is 1.